The quantitative estimate of drug-likeness (QED) is 0.337. The standard InChI is InChI=1S/C9H19N3O2/c1-13-6-7-14-5-4-11-9(10)12-8-2-3-8/h8H,2-7H2,1H3,(H3,10,11,12). The number of ether oxygens (including phenoxy) is 2. The number of aliphatic imine (C=N–C) groups is 1. The predicted octanol–water partition coefficient (Wildman–Crippen LogP) is -0.284. The molecular weight excluding hydrogens is 182 g/mol. The van der Waals surface area contributed by atoms with E-state index in [-0.39, 0.29) is 0 Å². The van der Waals surface area contributed by atoms with E-state index in [1.54, 1.807) is 7.11 Å². The van der Waals surface area contributed by atoms with Gasteiger partial charge in [0.2, 0.25) is 0 Å². The molecule has 3 N–H and O–H groups in total. The van der Waals surface area contributed by atoms with Crippen molar-refractivity contribution < 1.29 is 9.47 Å². The molecule has 0 heterocycles. The van der Waals surface area contributed by atoms with Crippen LogP contribution >= 0.6 is 0 Å². The number of nitrogens with one attached hydrogen (secondary N) is 1. The van der Waals surface area contributed by atoms with Gasteiger partial charge in [-0.15, -0.1) is 0 Å². The summed E-state index contributed by atoms with van der Waals surface area (Å²) in [5, 5.41) is 3.10. The summed E-state index contributed by atoms with van der Waals surface area (Å²) in [6, 6.07) is 0.563. The van der Waals surface area contributed by atoms with Crippen LogP contribution in [0.15, 0.2) is 4.99 Å². The minimum absolute atomic E-state index is 0.530. The number of guanidine groups is 1. The Morgan fingerprint density at radius 1 is 1.43 bits per heavy atom. The summed E-state index contributed by atoms with van der Waals surface area (Å²) >= 11 is 0. The van der Waals surface area contributed by atoms with E-state index in [4.69, 9.17) is 15.2 Å². The molecule has 1 aliphatic rings. The molecule has 5 nitrogen and oxygen atoms in total. The van der Waals surface area contributed by atoms with Gasteiger partial charge in [0.1, 0.15) is 0 Å². The zero-order valence-electron chi connectivity index (χ0n) is 8.66. The molecule has 0 aromatic heterocycles. The molecule has 5 heteroatoms. The second-order valence-corrected chi connectivity index (χ2v) is 3.29. The van der Waals surface area contributed by atoms with Crippen molar-refractivity contribution in [2.24, 2.45) is 10.7 Å². The van der Waals surface area contributed by atoms with Crippen LogP contribution in [0.1, 0.15) is 12.8 Å². The first-order chi connectivity index (χ1) is 6.83. The maximum Gasteiger partial charge on any atom is 0.188 e. The lowest BCUT2D eigenvalue weighted by molar-refractivity contribution is 0.0748. The van der Waals surface area contributed by atoms with Crippen LogP contribution in [0.25, 0.3) is 0 Å². The lowest BCUT2D eigenvalue weighted by Crippen LogP contribution is -2.33. The molecule has 14 heavy (non-hydrogen) atoms. The molecule has 82 valence electrons. The van der Waals surface area contributed by atoms with Gasteiger partial charge in [-0.3, -0.25) is 4.99 Å². The van der Waals surface area contributed by atoms with Gasteiger partial charge >= 0.3 is 0 Å². The molecule has 1 aliphatic carbocycles. The summed E-state index contributed by atoms with van der Waals surface area (Å²) in [5.74, 6) is 0.530. The Bertz CT molecular complexity index is 181. The summed E-state index contributed by atoms with van der Waals surface area (Å²) < 4.78 is 10.1. The Morgan fingerprint density at radius 3 is 2.86 bits per heavy atom. The minimum atomic E-state index is 0.530. The van der Waals surface area contributed by atoms with Gasteiger partial charge in [-0.05, 0) is 12.8 Å². The van der Waals surface area contributed by atoms with E-state index in [0.29, 0.717) is 38.4 Å². The summed E-state index contributed by atoms with van der Waals surface area (Å²) in [5.41, 5.74) is 5.61. The number of nitrogens with zero attached hydrogens (tertiary/aromatic N) is 1. The number of methoxy groups -OCH3 is 1. The van der Waals surface area contributed by atoms with Crippen LogP contribution < -0.4 is 11.1 Å². The second kappa shape index (κ2) is 6.62. The van der Waals surface area contributed by atoms with E-state index in [1.807, 2.05) is 0 Å². The summed E-state index contributed by atoms with van der Waals surface area (Å²) in [4.78, 5) is 4.12. The van der Waals surface area contributed by atoms with Crippen LogP contribution in [0.2, 0.25) is 0 Å². The predicted molar refractivity (Wildman–Crippen MR) is 55.3 cm³/mol. The zero-order valence-corrected chi connectivity index (χ0v) is 8.66. The largest absolute Gasteiger partial charge is 0.382 e. The molecule has 1 fully saturated rings. The average molecular weight is 201 g/mol. The summed E-state index contributed by atoms with van der Waals surface area (Å²) in [7, 11) is 1.65. The molecule has 0 aliphatic heterocycles. The van der Waals surface area contributed by atoms with E-state index in [0.717, 1.165) is 0 Å². The van der Waals surface area contributed by atoms with Crippen molar-refractivity contribution in [3.05, 3.63) is 0 Å². The van der Waals surface area contributed by atoms with Gasteiger partial charge < -0.3 is 20.5 Å². The SMILES string of the molecule is COCCOCCN=C(N)NC1CC1. The van der Waals surface area contributed by atoms with Crippen LogP contribution in [0.5, 0.6) is 0 Å². The van der Waals surface area contributed by atoms with Gasteiger partial charge in [0.25, 0.3) is 0 Å². The molecule has 0 aromatic rings. The fourth-order valence-corrected chi connectivity index (χ4v) is 0.957. The molecule has 0 unspecified atom stereocenters. The molecule has 0 bridgehead atoms. The first kappa shape index (κ1) is 11.3. The zero-order chi connectivity index (χ0) is 10.2. The molecule has 0 aromatic carbocycles. The molecule has 0 radical (unpaired) electrons. The van der Waals surface area contributed by atoms with Crippen LogP contribution in [-0.4, -0.2) is 45.5 Å². The smallest absolute Gasteiger partial charge is 0.188 e. The molecule has 0 saturated heterocycles. The van der Waals surface area contributed by atoms with Gasteiger partial charge in [0, 0.05) is 13.2 Å². The lowest BCUT2D eigenvalue weighted by Gasteiger charge is -2.03. The van der Waals surface area contributed by atoms with Crippen molar-refractivity contribution in [3.63, 3.8) is 0 Å². The number of hydrogen-bond donors (Lipinski definition) is 2. The molecular formula is C9H19N3O2. The Labute approximate surface area is 84.7 Å². The molecule has 0 atom stereocenters. The van der Waals surface area contributed by atoms with Crippen molar-refractivity contribution >= 4 is 5.96 Å². The molecule has 1 rings (SSSR count). The molecule has 0 spiro atoms. The van der Waals surface area contributed by atoms with Crippen LogP contribution in [0.3, 0.4) is 0 Å². The molecule has 1 saturated carbocycles. The lowest BCUT2D eigenvalue weighted by atomic mass is 10.6. The Kier molecular flexibility index (Phi) is 5.32. The fourth-order valence-electron chi connectivity index (χ4n) is 0.957. The maximum atomic E-state index is 5.61. The van der Waals surface area contributed by atoms with E-state index in [1.165, 1.54) is 12.8 Å². The normalized spacial score (nSPS) is 17.1. The Balaban J connectivity index is 1.89. The van der Waals surface area contributed by atoms with Gasteiger partial charge in [-0.2, -0.15) is 0 Å². The van der Waals surface area contributed by atoms with Crippen LogP contribution in [0.4, 0.5) is 0 Å². The number of nitrogens with two attached hydrogens (primary N) is 1. The summed E-state index contributed by atoms with van der Waals surface area (Å²) in [6.07, 6.45) is 2.42. The Morgan fingerprint density at radius 2 is 2.21 bits per heavy atom. The van der Waals surface area contributed by atoms with E-state index in [9.17, 15) is 0 Å². The third-order valence-electron chi connectivity index (χ3n) is 1.88. The highest BCUT2D eigenvalue weighted by molar-refractivity contribution is 5.78. The highest BCUT2D eigenvalue weighted by Gasteiger charge is 2.21. The van der Waals surface area contributed by atoms with Gasteiger partial charge in [-0.1, -0.05) is 0 Å². The van der Waals surface area contributed by atoms with Gasteiger partial charge in [0.15, 0.2) is 5.96 Å². The third kappa shape index (κ3) is 5.77. The van der Waals surface area contributed by atoms with Crippen LogP contribution in [0, 0.1) is 0 Å². The maximum absolute atomic E-state index is 5.61. The highest BCUT2D eigenvalue weighted by Crippen LogP contribution is 2.17. The van der Waals surface area contributed by atoms with E-state index < -0.39 is 0 Å². The van der Waals surface area contributed by atoms with Gasteiger partial charge in [0.05, 0.1) is 26.4 Å². The van der Waals surface area contributed by atoms with E-state index in [2.05, 4.69) is 10.3 Å². The first-order valence-electron chi connectivity index (χ1n) is 4.96. The highest BCUT2D eigenvalue weighted by atomic mass is 16.5. The summed E-state index contributed by atoms with van der Waals surface area (Å²) in [6.45, 7) is 2.44. The van der Waals surface area contributed by atoms with E-state index >= 15 is 0 Å². The van der Waals surface area contributed by atoms with Crippen molar-refractivity contribution in [2.75, 3.05) is 33.5 Å². The van der Waals surface area contributed by atoms with Gasteiger partial charge in [-0.25, -0.2) is 0 Å². The topological polar surface area (TPSA) is 68.9 Å². The molecule has 0 amide bonds. The second-order valence-electron chi connectivity index (χ2n) is 3.29. The number of hydrogen-bond acceptors (Lipinski definition) is 3. The monoisotopic (exact) mass is 201 g/mol. The van der Waals surface area contributed by atoms with Crippen LogP contribution in [-0.2, 0) is 9.47 Å². The van der Waals surface area contributed by atoms with Crippen molar-refractivity contribution in [1.82, 2.24) is 5.32 Å². The van der Waals surface area contributed by atoms with Crippen molar-refractivity contribution in [1.29, 1.82) is 0 Å². The number of rotatable bonds is 7. The minimum Gasteiger partial charge on any atom is -0.382 e. The third-order valence-corrected chi connectivity index (χ3v) is 1.88. The van der Waals surface area contributed by atoms with Crippen molar-refractivity contribution in [3.8, 4) is 0 Å². The first-order valence-corrected chi connectivity index (χ1v) is 4.96. The van der Waals surface area contributed by atoms with Crippen molar-refractivity contribution in [2.45, 2.75) is 18.9 Å². The fraction of sp³-hybridized carbons (Fsp3) is 0.889. The Hall–Kier alpha value is -0.810. The average Bonchev–Trinajstić information content (AvgIpc) is 2.95.